The van der Waals surface area contributed by atoms with Gasteiger partial charge in [0.2, 0.25) is 0 Å². The molecule has 4 heterocycles. The van der Waals surface area contributed by atoms with E-state index in [-0.39, 0.29) is 82.6 Å². The molecule has 3 aromatic heterocycles. The van der Waals surface area contributed by atoms with Crippen molar-refractivity contribution >= 4 is 61.7 Å². The molecule has 0 aliphatic carbocycles. The maximum absolute atomic E-state index is 11.3. The largest absolute Gasteiger partial charge is 0.509 e. The van der Waals surface area contributed by atoms with E-state index in [0.29, 0.717) is 11.3 Å². The minimum atomic E-state index is -6.33. The predicted molar refractivity (Wildman–Crippen MR) is 339 cm³/mol. The van der Waals surface area contributed by atoms with Crippen LogP contribution in [0.1, 0.15) is 62.0 Å². The number of hydrogen-bond donors (Lipinski definition) is 0. The normalized spacial score (nSPS) is 16.3. The first kappa shape index (κ1) is 30.6. The van der Waals surface area contributed by atoms with Crippen molar-refractivity contribution in [3.8, 4) is 73.2 Å². The second-order valence-electron chi connectivity index (χ2n) is 20.4. The van der Waals surface area contributed by atoms with Crippen LogP contribution in [0.5, 0.6) is 11.5 Å². The van der Waals surface area contributed by atoms with Crippen LogP contribution in [0.2, 0.25) is 0 Å². The third kappa shape index (κ3) is 8.63. The fraction of sp³-hybridized carbons (Fsp3) is 0.0526. The maximum atomic E-state index is 11.3. The van der Waals surface area contributed by atoms with E-state index in [9.17, 15) is 27.4 Å². The van der Waals surface area contributed by atoms with Crippen molar-refractivity contribution in [3.63, 3.8) is 0 Å². The monoisotopic (exact) mass is 1290 g/mol. The van der Waals surface area contributed by atoms with Gasteiger partial charge in [0.25, 0.3) is 6.33 Å². The molecule has 5 nitrogen and oxygen atoms in total. The fourth-order valence-corrected chi connectivity index (χ4v) is 14.8. The van der Waals surface area contributed by atoms with Gasteiger partial charge in [0.1, 0.15) is 11.5 Å². The van der Waals surface area contributed by atoms with E-state index >= 15 is 0 Å². The van der Waals surface area contributed by atoms with Gasteiger partial charge in [0.05, 0.1) is 35.6 Å². The summed E-state index contributed by atoms with van der Waals surface area (Å²) in [5.41, 5.74) is -0.150. The molecule has 11 aromatic carbocycles. The SMILES string of the molecule is [2H]c1cc([Si](c2c([2H])c([2H])c([2H])c([2H])c2[2H])(c2c([2H])c([2H])c([2H])c([2H])c2[2H])c2c([2H])c([2H])c([2H])c([2H])c2[2H])c([2H])c2c1-c1c([2H])c([2H])c([2H])c([2H])c1-c1cccc3c1[n+](cn3-c1[c-]c(Oc3[c-]c4c(cc3)c3ccccc3n4-c3cc(C(C)(C)C)ccn3)ccc1)-c1c(-c3c([2H])c([2H])c([2H])c([2H])c3[2H])cccc1-2.[Pt]. The van der Waals surface area contributed by atoms with Crippen LogP contribution in [-0.2, 0) is 26.5 Å². The van der Waals surface area contributed by atoms with Crippen molar-refractivity contribution in [3.05, 3.63) is 297 Å². The molecule has 0 spiro atoms. The van der Waals surface area contributed by atoms with Crippen LogP contribution in [0, 0.1) is 12.1 Å². The Balaban J connectivity index is 0.00000992. The summed E-state index contributed by atoms with van der Waals surface area (Å²) in [6.45, 7) is 6.33. The molecule has 0 saturated heterocycles. The Morgan fingerprint density at radius 3 is 1.81 bits per heavy atom. The Morgan fingerprint density at radius 1 is 0.506 bits per heavy atom. The Kier molecular flexibility index (Phi) is 7.67. The van der Waals surface area contributed by atoms with Crippen molar-refractivity contribution in [1.82, 2.24) is 14.1 Å². The standard InChI is InChI=1S/C76H55N4OSi.Pt/c1-76(2,3)53-45-46-77-73(47-53)80-70-39-19-18-35-65(70)66-43-41-56(49-72(66)80)81-55-26-20-25-54(48-55)78-51-79-74-61(52-23-8-4-9-24-52)36-21-37-68(74)69-50-60(42-44-64(69)62-33-16-17-34-63(62)67-38-22-40-71(78)75(67)79)82(57-27-10-5-11-28-57,58-29-12-6-13-30-58)59-31-14-7-15-32-59;/h4-47,50-51H,1-3H3;/q-1;/i4D,5D,6D,7D,8D,9D,10D,11D,12D,13D,14D,15D,16D,17D,23D,24D,27D,28D,29D,30D,31D,32D,33D,34D,44D,50D;. The van der Waals surface area contributed by atoms with Crippen molar-refractivity contribution < 1.29 is 66.0 Å². The molecular weight excluding hydrogens is 1210 g/mol. The van der Waals surface area contributed by atoms with Crippen LogP contribution >= 0.6 is 0 Å². The molecule has 0 bridgehead atoms. The molecule has 7 heteroatoms. The number of para-hydroxylation sites is 3. The van der Waals surface area contributed by atoms with E-state index < -0.39 is 208 Å². The Labute approximate surface area is 535 Å². The van der Waals surface area contributed by atoms with Gasteiger partial charge in [0, 0.05) is 66.7 Å². The number of ether oxygens (including phenoxy) is 1. The van der Waals surface area contributed by atoms with Gasteiger partial charge in [-0.25, -0.2) is 9.55 Å². The number of aromatic nitrogens is 4. The van der Waals surface area contributed by atoms with Crippen molar-refractivity contribution in [1.29, 1.82) is 0 Å². The molecule has 0 radical (unpaired) electrons. The van der Waals surface area contributed by atoms with E-state index in [4.69, 9.17) is 17.9 Å². The molecule has 0 fully saturated rings. The Morgan fingerprint density at radius 2 is 1.10 bits per heavy atom. The van der Waals surface area contributed by atoms with E-state index in [2.05, 4.69) is 32.9 Å². The van der Waals surface area contributed by atoms with E-state index in [1.807, 2.05) is 47.0 Å². The first-order chi connectivity index (χ1) is 51.1. The zero-order valence-electron chi connectivity index (χ0n) is 70.1. The molecule has 0 amide bonds. The van der Waals surface area contributed by atoms with Crippen molar-refractivity contribution in [2.24, 2.45) is 0 Å². The summed E-state index contributed by atoms with van der Waals surface area (Å²) in [6, 6.07) is 11.4. The molecule has 0 atom stereocenters. The molecule has 14 aromatic rings. The smallest absolute Gasteiger partial charge is 0.253 e. The van der Waals surface area contributed by atoms with E-state index in [1.54, 1.807) is 47.2 Å². The summed E-state index contributed by atoms with van der Waals surface area (Å²) in [5, 5.41) is -2.03. The van der Waals surface area contributed by atoms with Crippen LogP contribution < -0.4 is 30.1 Å². The quantitative estimate of drug-likeness (QED) is 0.0625. The van der Waals surface area contributed by atoms with Crippen molar-refractivity contribution in [2.45, 2.75) is 26.2 Å². The number of fused-ring (bicyclic) bond motifs is 10. The average molecular weight is 1290 g/mol. The summed E-state index contributed by atoms with van der Waals surface area (Å²) < 4.78 is 260. The van der Waals surface area contributed by atoms with Gasteiger partial charge in [-0.3, -0.25) is 0 Å². The van der Waals surface area contributed by atoms with Gasteiger partial charge in [0.15, 0.2) is 19.1 Å². The summed E-state index contributed by atoms with van der Waals surface area (Å²) in [4.78, 5) is 4.82. The summed E-state index contributed by atoms with van der Waals surface area (Å²) in [5.74, 6) is 1.06. The van der Waals surface area contributed by atoms with Crippen LogP contribution in [0.4, 0.5) is 0 Å². The third-order valence-electron chi connectivity index (χ3n) is 14.8. The minimum absolute atomic E-state index is 0. The van der Waals surface area contributed by atoms with Crippen LogP contribution in [-0.4, -0.2) is 22.2 Å². The number of hydrogen-bond acceptors (Lipinski definition) is 2. The number of nitrogens with zero attached hydrogens (tertiary/aromatic N) is 4. The zero-order valence-corrected chi connectivity index (χ0v) is 47.3. The molecule has 1 aliphatic heterocycles. The first-order valence-corrected chi connectivity index (χ1v) is 28.0. The number of pyridine rings is 1. The van der Waals surface area contributed by atoms with E-state index in [1.165, 1.54) is 35.2 Å². The summed E-state index contributed by atoms with van der Waals surface area (Å²) >= 11 is 0. The topological polar surface area (TPSA) is 35.9 Å². The molecule has 15 rings (SSSR count). The predicted octanol–water partition coefficient (Wildman–Crippen LogP) is 15.4. The third-order valence-corrected chi connectivity index (χ3v) is 18.9. The number of benzene rings is 11. The first-order valence-electron chi connectivity index (χ1n) is 39.0. The van der Waals surface area contributed by atoms with Crippen LogP contribution in [0.3, 0.4) is 0 Å². The molecule has 0 saturated carbocycles. The second-order valence-corrected chi connectivity index (χ2v) is 23.9. The second kappa shape index (κ2) is 20.8. The summed E-state index contributed by atoms with van der Waals surface area (Å²) in [7, 11) is -6.33. The number of rotatable bonds is 9. The number of imidazole rings is 1. The Hall–Kier alpha value is -9.45. The van der Waals surface area contributed by atoms with Gasteiger partial charge in [-0.2, -0.15) is 16.7 Å². The minimum Gasteiger partial charge on any atom is -0.509 e. The molecule has 400 valence electrons. The zero-order chi connectivity index (χ0) is 77.6. The molecular formula is C76H55N4OPtSi-. The van der Waals surface area contributed by atoms with Gasteiger partial charge in [-0.1, -0.05) is 238 Å². The average Bonchev–Trinajstić information content (AvgIpc) is 1.35. The van der Waals surface area contributed by atoms with Gasteiger partial charge in [-0.05, 0) is 95.3 Å². The summed E-state index contributed by atoms with van der Waals surface area (Å²) in [6.07, 6.45) is 3.27. The van der Waals surface area contributed by atoms with Crippen LogP contribution in [0.25, 0.3) is 94.5 Å². The van der Waals surface area contributed by atoms with Gasteiger partial charge < -0.3 is 9.30 Å². The Bertz CT molecular complexity index is 6110. The van der Waals surface area contributed by atoms with Crippen LogP contribution in [0.15, 0.2) is 279 Å². The molecule has 0 unspecified atom stereocenters. The fourth-order valence-electron chi connectivity index (χ4n) is 11.1. The van der Waals surface area contributed by atoms with Gasteiger partial charge >= 0.3 is 0 Å². The van der Waals surface area contributed by atoms with E-state index in [0.717, 1.165) is 27.9 Å². The molecule has 0 N–H and O–H groups in total. The van der Waals surface area contributed by atoms with Gasteiger partial charge in [-0.15, -0.1) is 29.7 Å². The van der Waals surface area contributed by atoms with Crippen molar-refractivity contribution in [2.75, 3.05) is 0 Å². The molecule has 1 aliphatic rings. The molecule has 83 heavy (non-hydrogen) atoms. The maximum Gasteiger partial charge on any atom is 0.253 e.